The summed E-state index contributed by atoms with van der Waals surface area (Å²) in [5, 5.41) is 3.08. The third-order valence-electron chi connectivity index (χ3n) is 5.07. The molecule has 1 aliphatic heterocycles. The van der Waals surface area contributed by atoms with E-state index >= 15 is 0 Å². The van der Waals surface area contributed by atoms with Crippen molar-refractivity contribution < 1.29 is 13.5 Å². The maximum absolute atomic E-state index is 14.8. The summed E-state index contributed by atoms with van der Waals surface area (Å²) in [5.41, 5.74) is -0.282. The number of morpholine rings is 1. The van der Waals surface area contributed by atoms with Crippen LogP contribution in [0.25, 0.3) is 31.6 Å². The van der Waals surface area contributed by atoms with Crippen molar-refractivity contribution in [2.45, 2.75) is 0 Å². The zero-order valence-corrected chi connectivity index (χ0v) is 15.1. The van der Waals surface area contributed by atoms with Gasteiger partial charge in [0.2, 0.25) is 0 Å². The minimum Gasteiger partial charge on any atom is -0.378 e. The normalized spacial score (nSPS) is 15.1. The van der Waals surface area contributed by atoms with Crippen LogP contribution in [-0.4, -0.2) is 26.3 Å². The summed E-state index contributed by atoms with van der Waals surface area (Å²) in [7, 11) is 0. The van der Waals surface area contributed by atoms with Gasteiger partial charge in [0.15, 0.2) is 17.1 Å². The summed E-state index contributed by atoms with van der Waals surface area (Å²) < 4.78 is 35.1. The number of ether oxygens (including phenoxy) is 1. The van der Waals surface area contributed by atoms with E-state index in [9.17, 15) is 13.6 Å². The first-order valence-electron chi connectivity index (χ1n) is 8.74. The van der Waals surface area contributed by atoms with Crippen LogP contribution in [0.5, 0.6) is 0 Å². The van der Waals surface area contributed by atoms with Crippen molar-refractivity contribution in [3.63, 3.8) is 0 Å². The molecule has 0 saturated carbocycles. The lowest BCUT2D eigenvalue weighted by molar-refractivity contribution is 0.123. The zero-order chi connectivity index (χ0) is 18.5. The topological polar surface area (TPSA) is 29.5 Å². The molecule has 0 bridgehead atoms. The maximum Gasteiger partial charge on any atom is 0.194 e. The van der Waals surface area contributed by atoms with E-state index in [0.29, 0.717) is 24.0 Å². The summed E-state index contributed by atoms with van der Waals surface area (Å²) in [6.07, 6.45) is 0. The molecule has 5 rings (SSSR count). The number of rotatable bonds is 1. The number of halogens is 2. The first kappa shape index (κ1) is 16.6. The van der Waals surface area contributed by atoms with Gasteiger partial charge in [0, 0.05) is 44.7 Å². The van der Waals surface area contributed by atoms with Crippen LogP contribution in [-0.2, 0) is 4.74 Å². The van der Waals surface area contributed by atoms with Gasteiger partial charge in [-0.05, 0) is 18.2 Å². The fourth-order valence-corrected chi connectivity index (χ4v) is 4.99. The number of anilines is 1. The van der Waals surface area contributed by atoms with Gasteiger partial charge in [-0.15, -0.1) is 11.3 Å². The maximum atomic E-state index is 14.8. The van der Waals surface area contributed by atoms with Crippen LogP contribution in [0.2, 0.25) is 0 Å². The first-order chi connectivity index (χ1) is 13.1. The quantitative estimate of drug-likeness (QED) is 0.478. The van der Waals surface area contributed by atoms with E-state index < -0.39 is 11.6 Å². The Labute approximate surface area is 157 Å². The monoisotopic (exact) mass is 383 g/mol. The SMILES string of the molecule is O=c1c2ccccc2c2sc(N3CCOCC3)cc2c2c(F)c(F)ccc12. The first-order valence-corrected chi connectivity index (χ1v) is 9.56. The van der Waals surface area contributed by atoms with Crippen LogP contribution in [0.3, 0.4) is 0 Å². The van der Waals surface area contributed by atoms with Gasteiger partial charge in [-0.1, -0.05) is 24.3 Å². The summed E-state index contributed by atoms with van der Waals surface area (Å²) in [4.78, 5) is 15.2. The smallest absolute Gasteiger partial charge is 0.194 e. The molecule has 0 N–H and O–H groups in total. The highest BCUT2D eigenvalue weighted by Crippen LogP contribution is 2.40. The highest BCUT2D eigenvalue weighted by Gasteiger charge is 2.20. The number of thiophene rings is 1. The lowest BCUT2D eigenvalue weighted by Gasteiger charge is -2.27. The molecular weight excluding hydrogens is 368 g/mol. The molecule has 0 aliphatic carbocycles. The predicted molar refractivity (Wildman–Crippen MR) is 106 cm³/mol. The second-order valence-electron chi connectivity index (χ2n) is 6.59. The van der Waals surface area contributed by atoms with Crippen molar-refractivity contribution in [2.75, 3.05) is 31.2 Å². The molecule has 0 radical (unpaired) electrons. The van der Waals surface area contributed by atoms with Crippen LogP contribution >= 0.6 is 11.3 Å². The van der Waals surface area contributed by atoms with Gasteiger partial charge in [-0.2, -0.15) is 0 Å². The van der Waals surface area contributed by atoms with E-state index in [2.05, 4.69) is 4.90 Å². The molecule has 0 spiro atoms. The molecule has 0 amide bonds. The largest absolute Gasteiger partial charge is 0.378 e. The summed E-state index contributed by atoms with van der Waals surface area (Å²) in [6.45, 7) is 2.77. The molecule has 3 aromatic carbocycles. The molecule has 0 unspecified atom stereocenters. The second kappa shape index (κ2) is 6.25. The molecular formula is C21H15F2NO2S. The van der Waals surface area contributed by atoms with Crippen molar-refractivity contribution in [3.05, 3.63) is 64.3 Å². The van der Waals surface area contributed by atoms with E-state index in [0.717, 1.165) is 34.2 Å². The second-order valence-corrected chi connectivity index (χ2v) is 7.62. The lowest BCUT2D eigenvalue weighted by atomic mass is 10.1. The average molecular weight is 383 g/mol. The third kappa shape index (κ3) is 2.51. The van der Waals surface area contributed by atoms with Crippen molar-refractivity contribution in [1.29, 1.82) is 0 Å². The summed E-state index contributed by atoms with van der Waals surface area (Å²) in [5.74, 6) is -1.92. The van der Waals surface area contributed by atoms with Crippen LogP contribution < -0.4 is 10.3 Å². The van der Waals surface area contributed by atoms with Gasteiger partial charge in [-0.25, -0.2) is 8.78 Å². The van der Waals surface area contributed by atoms with Crippen LogP contribution in [0.1, 0.15) is 0 Å². The van der Waals surface area contributed by atoms with Crippen LogP contribution in [0, 0.1) is 11.6 Å². The van der Waals surface area contributed by atoms with Gasteiger partial charge in [0.25, 0.3) is 0 Å². The van der Waals surface area contributed by atoms with Crippen molar-refractivity contribution in [3.8, 4) is 0 Å². The van der Waals surface area contributed by atoms with Crippen LogP contribution in [0.4, 0.5) is 13.8 Å². The predicted octanol–water partition coefficient (Wildman–Crippen LogP) is 4.68. The lowest BCUT2D eigenvalue weighted by Crippen LogP contribution is -2.35. The average Bonchev–Trinajstić information content (AvgIpc) is 3.11. The van der Waals surface area contributed by atoms with Gasteiger partial charge < -0.3 is 9.64 Å². The van der Waals surface area contributed by atoms with Crippen molar-refractivity contribution in [2.24, 2.45) is 0 Å². The Bertz CT molecular complexity index is 1260. The number of hydrogen-bond donors (Lipinski definition) is 0. The number of fused-ring (bicyclic) bond motifs is 5. The van der Waals surface area contributed by atoms with E-state index in [1.807, 2.05) is 18.2 Å². The van der Waals surface area contributed by atoms with Crippen LogP contribution in [0.15, 0.2) is 47.3 Å². The van der Waals surface area contributed by atoms with Gasteiger partial charge in [-0.3, -0.25) is 4.79 Å². The van der Waals surface area contributed by atoms with E-state index in [4.69, 9.17) is 4.74 Å². The Kier molecular flexibility index (Phi) is 3.84. The molecule has 6 heteroatoms. The summed E-state index contributed by atoms with van der Waals surface area (Å²) in [6, 6.07) is 11.5. The molecule has 1 aliphatic rings. The minimum atomic E-state index is -0.971. The molecule has 4 aromatic rings. The van der Waals surface area contributed by atoms with E-state index in [-0.39, 0.29) is 16.2 Å². The molecule has 1 fully saturated rings. The molecule has 27 heavy (non-hydrogen) atoms. The zero-order valence-electron chi connectivity index (χ0n) is 14.3. The van der Waals surface area contributed by atoms with Gasteiger partial charge in [0.1, 0.15) is 0 Å². The fourth-order valence-electron chi connectivity index (χ4n) is 3.73. The van der Waals surface area contributed by atoms with Crippen molar-refractivity contribution in [1.82, 2.24) is 0 Å². The van der Waals surface area contributed by atoms with E-state index in [1.165, 1.54) is 17.4 Å². The number of nitrogens with zero attached hydrogens (tertiary/aromatic N) is 1. The molecule has 1 saturated heterocycles. The Balaban J connectivity index is 1.99. The number of benzene rings is 2. The molecule has 3 nitrogen and oxygen atoms in total. The molecule has 0 atom stereocenters. The van der Waals surface area contributed by atoms with E-state index in [1.54, 1.807) is 12.1 Å². The van der Waals surface area contributed by atoms with Gasteiger partial charge >= 0.3 is 0 Å². The fraction of sp³-hybridized carbons (Fsp3) is 0.190. The standard InChI is InChI=1S/C21H15F2NO2S/c22-16-6-5-14-18(19(16)23)15-11-17(24-7-9-26-10-8-24)27-21(15)13-4-2-1-3-12(13)20(14)25/h1-6,11H,7-10H2. The summed E-state index contributed by atoms with van der Waals surface area (Å²) >= 11 is 1.51. The highest BCUT2D eigenvalue weighted by molar-refractivity contribution is 7.23. The Hall–Kier alpha value is -2.57. The minimum absolute atomic E-state index is 0.0574. The Morgan fingerprint density at radius 2 is 1.67 bits per heavy atom. The molecule has 2 heterocycles. The van der Waals surface area contributed by atoms with Gasteiger partial charge in [0.05, 0.1) is 18.2 Å². The Morgan fingerprint density at radius 1 is 0.926 bits per heavy atom. The highest BCUT2D eigenvalue weighted by atomic mass is 32.1. The Morgan fingerprint density at radius 3 is 2.44 bits per heavy atom. The number of hydrogen-bond acceptors (Lipinski definition) is 4. The van der Waals surface area contributed by atoms with Crippen molar-refractivity contribution >= 4 is 48.0 Å². The molecule has 136 valence electrons. The third-order valence-corrected chi connectivity index (χ3v) is 6.30. The molecule has 1 aromatic heterocycles.